The average molecular weight is 274 g/mol. The van der Waals surface area contributed by atoms with Gasteiger partial charge in [-0.25, -0.2) is 0 Å². The first-order valence-electron chi connectivity index (χ1n) is 6.27. The van der Waals surface area contributed by atoms with Crippen LogP contribution in [0.5, 0.6) is 0 Å². The average Bonchev–Trinajstić information content (AvgIpc) is 2.27. The fraction of sp³-hybridized carbons (Fsp3) is 0.571. The van der Waals surface area contributed by atoms with Gasteiger partial charge in [0.05, 0.1) is 12.1 Å². The van der Waals surface area contributed by atoms with Crippen LogP contribution in [0.25, 0.3) is 0 Å². The van der Waals surface area contributed by atoms with Crippen molar-refractivity contribution in [3.05, 3.63) is 35.9 Å². The summed E-state index contributed by atoms with van der Waals surface area (Å²) in [5.41, 5.74) is 6.21. The van der Waals surface area contributed by atoms with Crippen molar-refractivity contribution in [1.82, 2.24) is 4.90 Å². The summed E-state index contributed by atoms with van der Waals surface area (Å²) in [6, 6.07) is 9.00. The second-order valence-electron chi connectivity index (χ2n) is 5.40. The molecule has 0 aliphatic heterocycles. The zero-order valence-electron chi connectivity index (χ0n) is 11.5. The van der Waals surface area contributed by atoms with E-state index < -0.39 is 18.3 Å². The molecule has 0 radical (unpaired) electrons. The molecular weight excluding hydrogens is 253 g/mol. The molecule has 1 unspecified atom stereocenters. The summed E-state index contributed by atoms with van der Waals surface area (Å²) in [5, 5.41) is 0. The van der Waals surface area contributed by atoms with Crippen LogP contribution in [0, 0.1) is 0 Å². The van der Waals surface area contributed by atoms with Crippen LogP contribution in [0.15, 0.2) is 30.3 Å². The van der Waals surface area contributed by atoms with E-state index in [9.17, 15) is 13.2 Å². The number of nitrogens with two attached hydrogens (primary N) is 1. The van der Waals surface area contributed by atoms with Gasteiger partial charge in [-0.2, -0.15) is 13.2 Å². The van der Waals surface area contributed by atoms with Crippen molar-refractivity contribution in [3.63, 3.8) is 0 Å². The van der Waals surface area contributed by atoms with E-state index in [1.165, 1.54) is 4.90 Å². The predicted molar refractivity (Wildman–Crippen MR) is 70.7 cm³/mol. The second kappa shape index (κ2) is 5.92. The van der Waals surface area contributed by atoms with Crippen LogP contribution in [0.4, 0.5) is 13.2 Å². The highest BCUT2D eigenvalue weighted by molar-refractivity contribution is 5.23. The number of benzene rings is 1. The summed E-state index contributed by atoms with van der Waals surface area (Å²) in [6.07, 6.45) is -4.21. The lowest BCUT2D eigenvalue weighted by molar-refractivity contribution is -0.151. The number of rotatable bonds is 5. The van der Waals surface area contributed by atoms with Gasteiger partial charge in [0.25, 0.3) is 0 Å². The zero-order chi connectivity index (χ0) is 14.7. The first-order chi connectivity index (χ1) is 8.62. The van der Waals surface area contributed by atoms with Gasteiger partial charge in [-0.05, 0) is 26.3 Å². The molecule has 1 aromatic carbocycles. The van der Waals surface area contributed by atoms with Crippen LogP contribution in [-0.2, 0) is 5.54 Å². The third-order valence-corrected chi connectivity index (χ3v) is 3.08. The van der Waals surface area contributed by atoms with Crippen molar-refractivity contribution >= 4 is 0 Å². The van der Waals surface area contributed by atoms with Gasteiger partial charge >= 0.3 is 6.18 Å². The maximum atomic E-state index is 12.6. The van der Waals surface area contributed by atoms with E-state index in [0.29, 0.717) is 0 Å². The second-order valence-corrected chi connectivity index (χ2v) is 5.40. The smallest absolute Gasteiger partial charge is 0.321 e. The molecule has 2 nitrogen and oxygen atoms in total. The third-order valence-electron chi connectivity index (χ3n) is 3.08. The normalized spacial score (nSPS) is 15.8. The van der Waals surface area contributed by atoms with E-state index in [-0.39, 0.29) is 12.6 Å². The summed E-state index contributed by atoms with van der Waals surface area (Å²) in [4.78, 5) is 1.35. The molecule has 0 saturated carbocycles. The summed E-state index contributed by atoms with van der Waals surface area (Å²) < 4.78 is 37.7. The minimum Gasteiger partial charge on any atom is -0.321 e. The molecule has 5 heteroatoms. The van der Waals surface area contributed by atoms with E-state index in [4.69, 9.17) is 5.73 Å². The van der Waals surface area contributed by atoms with Gasteiger partial charge in [0.2, 0.25) is 0 Å². The summed E-state index contributed by atoms with van der Waals surface area (Å²) >= 11 is 0. The van der Waals surface area contributed by atoms with Crippen LogP contribution in [0.3, 0.4) is 0 Å². The van der Waals surface area contributed by atoms with Crippen molar-refractivity contribution in [1.29, 1.82) is 0 Å². The molecule has 0 amide bonds. The van der Waals surface area contributed by atoms with E-state index in [1.54, 1.807) is 20.8 Å². The molecule has 0 heterocycles. The van der Waals surface area contributed by atoms with Crippen molar-refractivity contribution < 1.29 is 13.2 Å². The van der Waals surface area contributed by atoms with Gasteiger partial charge in [-0.15, -0.1) is 0 Å². The lowest BCUT2D eigenvalue weighted by Crippen LogP contribution is -2.50. The maximum absolute atomic E-state index is 12.6. The van der Waals surface area contributed by atoms with Crippen molar-refractivity contribution in [2.24, 2.45) is 5.73 Å². The molecule has 108 valence electrons. The summed E-state index contributed by atoms with van der Waals surface area (Å²) in [7, 11) is 0. The summed E-state index contributed by atoms with van der Waals surface area (Å²) in [5.74, 6) is 0. The Kier molecular flexibility index (Phi) is 4.98. The van der Waals surface area contributed by atoms with Crippen molar-refractivity contribution in [2.75, 3.05) is 13.1 Å². The topological polar surface area (TPSA) is 29.3 Å². The lowest BCUT2D eigenvalue weighted by atomic mass is 9.92. The van der Waals surface area contributed by atoms with E-state index in [2.05, 4.69) is 0 Å². The molecular formula is C14H21F3N2. The SMILES string of the molecule is CC(C)N(CC(F)(F)F)CC(C)(N)c1ccccc1. The molecule has 0 aromatic heterocycles. The Morgan fingerprint density at radius 3 is 2.05 bits per heavy atom. The van der Waals surface area contributed by atoms with Crippen LogP contribution in [0.1, 0.15) is 26.3 Å². The molecule has 0 aliphatic carbocycles. The number of nitrogens with zero attached hydrogens (tertiary/aromatic N) is 1. The van der Waals surface area contributed by atoms with Gasteiger partial charge in [0.1, 0.15) is 0 Å². The van der Waals surface area contributed by atoms with Gasteiger partial charge in [-0.3, -0.25) is 4.90 Å². The van der Waals surface area contributed by atoms with Gasteiger partial charge in [0.15, 0.2) is 0 Å². The van der Waals surface area contributed by atoms with Crippen molar-refractivity contribution in [2.45, 2.75) is 38.5 Å². The molecule has 0 bridgehead atoms. The Hall–Kier alpha value is -1.07. The number of alkyl halides is 3. The van der Waals surface area contributed by atoms with E-state index in [0.717, 1.165) is 5.56 Å². The van der Waals surface area contributed by atoms with E-state index >= 15 is 0 Å². The number of halogens is 3. The van der Waals surface area contributed by atoms with Crippen LogP contribution < -0.4 is 5.73 Å². The molecule has 0 fully saturated rings. The largest absolute Gasteiger partial charge is 0.401 e. The van der Waals surface area contributed by atoms with E-state index in [1.807, 2.05) is 30.3 Å². The Morgan fingerprint density at radius 1 is 1.11 bits per heavy atom. The Labute approximate surface area is 112 Å². The fourth-order valence-electron chi connectivity index (χ4n) is 1.98. The van der Waals surface area contributed by atoms with Crippen LogP contribution in [0.2, 0.25) is 0 Å². The third kappa shape index (κ3) is 5.20. The molecule has 1 aromatic rings. The highest BCUT2D eigenvalue weighted by atomic mass is 19.4. The zero-order valence-corrected chi connectivity index (χ0v) is 11.5. The Balaban J connectivity index is 2.84. The highest BCUT2D eigenvalue weighted by Crippen LogP contribution is 2.23. The monoisotopic (exact) mass is 274 g/mol. The standard InChI is InChI=1S/C14H21F3N2/c1-11(2)19(10-14(15,16)17)9-13(3,18)12-7-5-4-6-8-12/h4-8,11H,9-10,18H2,1-3H3. The molecule has 1 rings (SSSR count). The van der Waals surface area contributed by atoms with Gasteiger partial charge in [0, 0.05) is 12.6 Å². The minimum absolute atomic E-state index is 0.161. The van der Waals surface area contributed by atoms with Crippen LogP contribution in [-0.4, -0.2) is 30.2 Å². The molecule has 19 heavy (non-hydrogen) atoms. The van der Waals surface area contributed by atoms with Gasteiger partial charge in [-0.1, -0.05) is 30.3 Å². The van der Waals surface area contributed by atoms with Crippen LogP contribution >= 0.6 is 0 Å². The first-order valence-corrected chi connectivity index (χ1v) is 6.27. The highest BCUT2D eigenvalue weighted by Gasteiger charge is 2.35. The fourth-order valence-corrected chi connectivity index (χ4v) is 1.98. The molecule has 1 atom stereocenters. The van der Waals surface area contributed by atoms with Gasteiger partial charge < -0.3 is 5.73 Å². The first kappa shape index (κ1) is 16.0. The minimum atomic E-state index is -4.21. The van der Waals surface area contributed by atoms with Crippen molar-refractivity contribution in [3.8, 4) is 0 Å². The maximum Gasteiger partial charge on any atom is 0.401 e. The Bertz CT molecular complexity index is 385. The lowest BCUT2D eigenvalue weighted by Gasteiger charge is -2.35. The number of hydrogen-bond donors (Lipinski definition) is 1. The molecule has 0 spiro atoms. The summed E-state index contributed by atoms with van der Waals surface area (Å²) in [6.45, 7) is 4.46. The Morgan fingerprint density at radius 2 is 1.63 bits per heavy atom. The molecule has 0 aliphatic rings. The molecule has 0 saturated heterocycles. The number of hydrogen-bond acceptors (Lipinski definition) is 2. The quantitative estimate of drug-likeness (QED) is 0.893. The molecule has 2 N–H and O–H groups in total. The predicted octanol–water partition coefficient (Wildman–Crippen LogP) is 3.13.